The molecule has 5 nitrogen and oxygen atoms in total. The molecule has 0 atom stereocenters. The first-order chi connectivity index (χ1) is 16.8. The van der Waals surface area contributed by atoms with Crippen LogP contribution in [0.25, 0.3) is 22.1 Å². The molecule has 0 saturated heterocycles. The van der Waals surface area contributed by atoms with Crippen molar-refractivity contribution in [3.05, 3.63) is 93.8 Å². The summed E-state index contributed by atoms with van der Waals surface area (Å²) in [5.74, 6) is -0.118. The maximum atomic E-state index is 14.0. The zero-order valence-electron chi connectivity index (χ0n) is 18.9. The van der Waals surface area contributed by atoms with E-state index in [4.69, 9.17) is 13.9 Å². The lowest BCUT2D eigenvalue weighted by atomic mass is 10.00. The summed E-state index contributed by atoms with van der Waals surface area (Å²) in [7, 11) is 1.60. The van der Waals surface area contributed by atoms with Crippen LogP contribution in [-0.2, 0) is 19.1 Å². The summed E-state index contributed by atoms with van der Waals surface area (Å²) in [5, 5.41) is 0.0937. The molecule has 0 N–H and O–H groups in total. The zero-order valence-corrected chi connectivity index (χ0v) is 18.9. The summed E-state index contributed by atoms with van der Waals surface area (Å²) in [6.07, 6.45) is -4.13. The van der Waals surface area contributed by atoms with Crippen molar-refractivity contribution in [3.8, 4) is 22.6 Å². The Morgan fingerprint density at radius 2 is 1.74 bits per heavy atom. The summed E-state index contributed by atoms with van der Waals surface area (Å²) in [5.41, 5.74) is 0.388. The third-order valence-electron chi connectivity index (χ3n) is 6.10. The van der Waals surface area contributed by atoms with Gasteiger partial charge in [0.1, 0.15) is 23.8 Å². The van der Waals surface area contributed by atoms with Crippen LogP contribution in [0.1, 0.15) is 16.9 Å². The Kier molecular flexibility index (Phi) is 5.98. The molecule has 0 spiro atoms. The first-order valence-electron chi connectivity index (χ1n) is 11.1. The van der Waals surface area contributed by atoms with E-state index < -0.39 is 22.9 Å². The van der Waals surface area contributed by atoms with Gasteiger partial charge in [0.2, 0.25) is 11.2 Å². The van der Waals surface area contributed by atoms with E-state index in [0.29, 0.717) is 30.8 Å². The smallest absolute Gasteiger partial charge is 0.450 e. The highest BCUT2D eigenvalue weighted by Gasteiger charge is 2.40. The second-order valence-electron chi connectivity index (χ2n) is 8.34. The van der Waals surface area contributed by atoms with Gasteiger partial charge in [0.15, 0.2) is 0 Å². The molecule has 35 heavy (non-hydrogen) atoms. The molecular formula is C27H22F3NO4. The highest BCUT2D eigenvalue weighted by Crippen LogP contribution is 2.40. The Labute approximate surface area is 199 Å². The SMILES string of the molecule is COc1ccc(CCN2COc3ccc4c(=O)c(-c5ccccc5)c(C(F)(F)F)oc4c3C2)cc1. The van der Waals surface area contributed by atoms with Crippen molar-refractivity contribution in [2.24, 2.45) is 0 Å². The Balaban J connectivity index is 1.52. The van der Waals surface area contributed by atoms with E-state index in [9.17, 15) is 18.0 Å². The zero-order chi connectivity index (χ0) is 24.6. The molecule has 1 aliphatic rings. The molecule has 4 aromatic rings. The lowest BCUT2D eigenvalue weighted by molar-refractivity contribution is -0.152. The van der Waals surface area contributed by atoms with Gasteiger partial charge in [0.25, 0.3) is 0 Å². The molecule has 1 aromatic heterocycles. The Morgan fingerprint density at radius 3 is 2.43 bits per heavy atom. The van der Waals surface area contributed by atoms with Crippen molar-refractivity contribution in [3.63, 3.8) is 0 Å². The highest BCUT2D eigenvalue weighted by atomic mass is 19.4. The number of methoxy groups -OCH3 is 1. The fourth-order valence-corrected chi connectivity index (χ4v) is 4.30. The lowest BCUT2D eigenvalue weighted by Gasteiger charge is -2.29. The van der Waals surface area contributed by atoms with E-state index in [1.54, 1.807) is 31.4 Å². The molecular weight excluding hydrogens is 459 g/mol. The monoisotopic (exact) mass is 481 g/mol. The van der Waals surface area contributed by atoms with Gasteiger partial charge >= 0.3 is 6.18 Å². The van der Waals surface area contributed by atoms with Crippen LogP contribution in [0.4, 0.5) is 13.2 Å². The number of hydrogen-bond donors (Lipinski definition) is 0. The van der Waals surface area contributed by atoms with E-state index in [-0.39, 0.29) is 23.3 Å². The number of halogens is 3. The topological polar surface area (TPSA) is 51.9 Å². The third kappa shape index (κ3) is 4.49. The Morgan fingerprint density at radius 1 is 1.00 bits per heavy atom. The number of hydrogen-bond acceptors (Lipinski definition) is 5. The first-order valence-corrected chi connectivity index (χ1v) is 11.1. The number of rotatable bonds is 5. The quantitative estimate of drug-likeness (QED) is 0.356. The largest absolute Gasteiger partial charge is 0.497 e. The van der Waals surface area contributed by atoms with Gasteiger partial charge < -0.3 is 13.9 Å². The maximum Gasteiger partial charge on any atom is 0.450 e. The predicted octanol–water partition coefficient (Wildman–Crippen LogP) is 5.88. The molecule has 0 radical (unpaired) electrons. The standard InChI is InChI=1S/C27H22F3NO4/c1-33-19-9-7-17(8-10-19)13-14-31-15-21-22(34-16-31)12-11-20-24(32)23(18-5-3-2-4-6-18)26(27(28,29)30)35-25(20)21/h2-12H,13-16H2,1H3. The van der Waals surface area contributed by atoms with E-state index in [2.05, 4.69) is 0 Å². The van der Waals surface area contributed by atoms with Gasteiger partial charge in [-0.1, -0.05) is 42.5 Å². The average Bonchev–Trinajstić information content (AvgIpc) is 2.87. The van der Waals surface area contributed by atoms with Crippen molar-refractivity contribution in [2.45, 2.75) is 19.1 Å². The molecule has 0 unspecified atom stereocenters. The van der Waals surface area contributed by atoms with E-state index in [0.717, 1.165) is 11.3 Å². The summed E-state index contributed by atoms with van der Waals surface area (Å²) < 4.78 is 58.6. The average molecular weight is 481 g/mol. The van der Waals surface area contributed by atoms with E-state index in [1.165, 1.54) is 18.2 Å². The second-order valence-corrected chi connectivity index (χ2v) is 8.34. The van der Waals surface area contributed by atoms with E-state index >= 15 is 0 Å². The molecule has 180 valence electrons. The number of fused-ring (bicyclic) bond motifs is 3. The number of alkyl halides is 3. The van der Waals surface area contributed by atoms with Crippen LogP contribution in [0.3, 0.4) is 0 Å². The van der Waals surface area contributed by atoms with Gasteiger partial charge in [-0.15, -0.1) is 0 Å². The molecule has 0 fully saturated rings. The number of nitrogens with zero attached hydrogens (tertiary/aromatic N) is 1. The molecule has 0 amide bonds. The Bertz CT molecular complexity index is 1410. The molecule has 2 heterocycles. The molecule has 3 aromatic carbocycles. The van der Waals surface area contributed by atoms with Crippen molar-refractivity contribution in [2.75, 3.05) is 20.4 Å². The van der Waals surface area contributed by atoms with Crippen LogP contribution in [0.15, 0.2) is 75.9 Å². The molecule has 8 heteroatoms. The fraction of sp³-hybridized carbons (Fsp3) is 0.222. The molecule has 5 rings (SSSR count). The van der Waals surface area contributed by atoms with Gasteiger partial charge in [-0.3, -0.25) is 9.69 Å². The predicted molar refractivity (Wildman–Crippen MR) is 126 cm³/mol. The fourth-order valence-electron chi connectivity index (χ4n) is 4.30. The summed E-state index contributed by atoms with van der Waals surface area (Å²) >= 11 is 0. The summed E-state index contributed by atoms with van der Waals surface area (Å²) in [4.78, 5) is 15.3. The highest BCUT2D eigenvalue weighted by molar-refractivity contribution is 5.87. The maximum absolute atomic E-state index is 14.0. The number of ether oxygens (including phenoxy) is 2. The summed E-state index contributed by atoms with van der Waals surface area (Å²) in [6.45, 7) is 1.20. The van der Waals surface area contributed by atoms with Crippen molar-refractivity contribution < 1.29 is 27.1 Å². The minimum absolute atomic E-state index is 0.0892. The van der Waals surface area contributed by atoms with Crippen LogP contribution < -0.4 is 14.9 Å². The second kappa shape index (κ2) is 9.11. The molecule has 0 bridgehead atoms. The van der Waals surface area contributed by atoms with Crippen molar-refractivity contribution in [1.82, 2.24) is 4.90 Å². The van der Waals surface area contributed by atoms with E-state index in [1.807, 2.05) is 29.2 Å². The minimum Gasteiger partial charge on any atom is -0.497 e. The summed E-state index contributed by atoms with van der Waals surface area (Å²) in [6, 6.07) is 18.6. The van der Waals surface area contributed by atoms with Crippen molar-refractivity contribution >= 4 is 11.0 Å². The molecule has 1 aliphatic heterocycles. The number of benzene rings is 3. The molecule has 0 aliphatic carbocycles. The normalized spacial score (nSPS) is 13.9. The van der Waals surface area contributed by atoms with Gasteiger partial charge in [0, 0.05) is 13.1 Å². The van der Waals surface area contributed by atoms with Gasteiger partial charge in [-0.25, -0.2) is 0 Å². The Hall–Kier alpha value is -3.78. The van der Waals surface area contributed by atoms with Crippen LogP contribution in [0, 0.1) is 0 Å². The van der Waals surface area contributed by atoms with Crippen LogP contribution in [0.5, 0.6) is 11.5 Å². The van der Waals surface area contributed by atoms with Crippen LogP contribution >= 0.6 is 0 Å². The van der Waals surface area contributed by atoms with Crippen LogP contribution in [-0.4, -0.2) is 25.3 Å². The van der Waals surface area contributed by atoms with Crippen molar-refractivity contribution in [1.29, 1.82) is 0 Å². The van der Waals surface area contributed by atoms with Crippen LogP contribution in [0.2, 0.25) is 0 Å². The van der Waals surface area contributed by atoms with Gasteiger partial charge in [-0.2, -0.15) is 13.2 Å². The third-order valence-corrected chi connectivity index (χ3v) is 6.10. The van der Waals surface area contributed by atoms with Gasteiger partial charge in [0.05, 0.1) is 23.6 Å². The van der Waals surface area contributed by atoms with Gasteiger partial charge in [-0.05, 0) is 41.8 Å². The minimum atomic E-state index is -4.84. The lowest BCUT2D eigenvalue weighted by Crippen LogP contribution is -2.34. The molecule has 0 saturated carbocycles. The first kappa shape index (κ1) is 23.0.